The third-order valence-electron chi connectivity index (χ3n) is 1.77. The van der Waals surface area contributed by atoms with E-state index in [4.69, 9.17) is 5.11 Å². The van der Waals surface area contributed by atoms with E-state index in [2.05, 4.69) is 38.2 Å². The van der Waals surface area contributed by atoms with E-state index < -0.39 is 0 Å². The van der Waals surface area contributed by atoms with Gasteiger partial charge in [-0.2, -0.15) is 0 Å². The first kappa shape index (κ1) is 12.4. The second-order valence-electron chi connectivity index (χ2n) is 3.84. The van der Waals surface area contributed by atoms with Crippen LogP contribution in [0.2, 0.25) is 0 Å². The first-order valence-corrected chi connectivity index (χ1v) is 5.11. The molecule has 0 radical (unpaired) electrons. The summed E-state index contributed by atoms with van der Waals surface area (Å²) in [6.07, 6.45) is 10.8. The minimum Gasteiger partial charge on any atom is -0.396 e. The quantitative estimate of drug-likeness (QED) is 0.494. The molecule has 1 heteroatoms. The molecule has 0 saturated carbocycles. The molecule has 0 aromatic carbocycles. The zero-order chi connectivity index (χ0) is 10.1. The van der Waals surface area contributed by atoms with Crippen LogP contribution in [-0.4, -0.2) is 11.7 Å². The molecule has 0 aromatic rings. The number of rotatable bonds is 6. The topological polar surface area (TPSA) is 20.2 Å². The number of unbranched alkanes of at least 4 members (excludes halogenated alkanes) is 1. The van der Waals surface area contributed by atoms with Crippen LogP contribution < -0.4 is 0 Å². The van der Waals surface area contributed by atoms with Crippen LogP contribution in [0.1, 0.15) is 33.6 Å². The summed E-state index contributed by atoms with van der Waals surface area (Å²) < 4.78 is 0. The fraction of sp³-hybridized carbons (Fsp3) is 0.667. The van der Waals surface area contributed by atoms with Gasteiger partial charge in [-0.3, -0.25) is 0 Å². The van der Waals surface area contributed by atoms with Gasteiger partial charge >= 0.3 is 0 Å². The average molecular weight is 182 g/mol. The van der Waals surface area contributed by atoms with Crippen molar-refractivity contribution in [3.8, 4) is 0 Å². The summed E-state index contributed by atoms with van der Waals surface area (Å²) >= 11 is 0. The number of hydrogen-bond donors (Lipinski definition) is 1. The van der Waals surface area contributed by atoms with Crippen LogP contribution in [-0.2, 0) is 0 Å². The highest BCUT2D eigenvalue weighted by atomic mass is 16.3. The Morgan fingerprint density at radius 3 is 2.00 bits per heavy atom. The second kappa shape index (κ2) is 8.06. The van der Waals surface area contributed by atoms with Gasteiger partial charge in [0.15, 0.2) is 0 Å². The molecule has 0 bridgehead atoms. The number of aliphatic hydroxyl groups is 1. The number of aliphatic hydroxyl groups excluding tert-OH is 1. The van der Waals surface area contributed by atoms with Crippen LogP contribution in [0.25, 0.3) is 0 Å². The average Bonchev–Trinajstić information content (AvgIpc) is 2.10. The molecule has 0 aliphatic heterocycles. The monoisotopic (exact) mass is 182 g/mol. The summed E-state index contributed by atoms with van der Waals surface area (Å²) in [6, 6.07) is 0. The van der Waals surface area contributed by atoms with E-state index >= 15 is 0 Å². The summed E-state index contributed by atoms with van der Waals surface area (Å²) in [5.74, 6) is 0.953. The van der Waals surface area contributed by atoms with E-state index in [1.54, 1.807) is 0 Å². The van der Waals surface area contributed by atoms with Crippen molar-refractivity contribution in [2.24, 2.45) is 11.8 Å². The van der Waals surface area contributed by atoms with Crippen molar-refractivity contribution in [3.05, 3.63) is 24.3 Å². The van der Waals surface area contributed by atoms with Crippen molar-refractivity contribution in [2.45, 2.75) is 33.6 Å². The van der Waals surface area contributed by atoms with Gasteiger partial charge in [0.05, 0.1) is 0 Å². The standard InChI is InChI=1S/C12H22O/c1-11(2)8-6-4-5-7-9-12(3)10-13/h6-9,11-13H,4-5,10H2,1-3H3/b8-6+,9-7+. The molecule has 0 aliphatic rings. The molecule has 1 nitrogen and oxygen atoms in total. The molecule has 1 atom stereocenters. The number of hydrogen-bond acceptors (Lipinski definition) is 1. The van der Waals surface area contributed by atoms with Crippen LogP contribution in [0.15, 0.2) is 24.3 Å². The zero-order valence-electron chi connectivity index (χ0n) is 9.03. The Labute approximate surface area is 82.2 Å². The number of allylic oxidation sites excluding steroid dienone is 3. The highest BCUT2D eigenvalue weighted by Crippen LogP contribution is 2.01. The lowest BCUT2D eigenvalue weighted by Crippen LogP contribution is -1.94. The first-order valence-electron chi connectivity index (χ1n) is 5.11. The summed E-state index contributed by atoms with van der Waals surface area (Å²) in [6.45, 7) is 6.62. The molecule has 0 saturated heterocycles. The highest BCUT2D eigenvalue weighted by molar-refractivity contribution is 4.91. The van der Waals surface area contributed by atoms with E-state index in [1.807, 2.05) is 6.92 Å². The Balaban J connectivity index is 3.40. The van der Waals surface area contributed by atoms with Crippen LogP contribution >= 0.6 is 0 Å². The molecule has 76 valence electrons. The molecular formula is C12H22O. The molecule has 0 heterocycles. The summed E-state index contributed by atoms with van der Waals surface area (Å²) in [5.41, 5.74) is 0. The van der Waals surface area contributed by atoms with Crippen molar-refractivity contribution >= 4 is 0 Å². The van der Waals surface area contributed by atoms with Gasteiger partial charge in [0, 0.05) is 6.61 Å². The van der Waals surface area contributed by atoms with Crippen molar-refractivity contribution < 1.29 is 5.11 Å². The Morgan fingerprint density at radius 1 is 1.00 bits per heavy atom. The van der Waals surface area contributed by atoms with E-state index in [1.165, 1.54) is 0 Å². The van der Waals surface area contributed by atoms with E-state index in [-0.39, 0.29) is 6.61 Å². The van der Waals surface area contributed by atoms with Crippen molar-refractivity contribution in [1.29, 1.82) is 0 Å². The molecule has 1 N–H and O–H groups in total. The Hall–Kier alpha value is -0.560. The molecule has 0 aromatic heterocycles. The molecule has 13 heavy (non-hydrogen) atoms. The third kappa shape index (κ3) is 9.35. The molecule has 0 amide bonds. The zero-order valence-corrected chi connectivity index (χ0v) is 9.03. The second-order valence-corrected chi connectivity index (χ2v) is 3.84. The van der Waals surface area contributed by atoms with Gasteiger partial charge in [-0.15, -0.1) is 0 Å². The Bertz CT molecular complexity index is 157. The predicted molar refractivity (Wildman–Crippen MR) is 58.6 cm³/mol. The largest absolute Gasteiger partial charge is 0.396 e. The smallest absolute Gasteiger partial charge is 0.0491 e. The van der Waals surface area contributed by atoms with Gasteiger partial charge in [0.25, 0.3) is 0 Å². The first-order chi connectivity index (χ1) is 6.16. The molecule has 0 rings (SSSR count). The van der Waals surface area contributed by atoms with E-state index in [9.17, 15) is 0 Å². The van der Waals surface area contributed by atoms with E-state index in [0.29, 0.717) is 11.8 Å². The van der Waals surface area contributed by atoms with Gasteiger partial charge in [-0.05, 0) is 24.7 Å². The summed E-state index contributed by atoms with van der Waals surface area (Å²) in [7, 11) is 0. The van der Waals surface area contributed by atoms with E-state index in [0.717, 1.165) is 12.8 Å². The van der Waals surface area contributed by atoms with Crippen molar-refractivity contribution in [2.75, 3.05) is 6.61 Å². The lowest BCUT2D eigenvalue weighted by Gasteiger charge is -1.97. The van der Waals surface area contributed by atoms with Crippen LogP contribution in [0.5, 0.6) is 0 Å². The van der Waals surface area contributed by atoms with Crippen LogP contribution in [0.4, 0.5) is 0 Å². The maximum absolute atomic E-state index is 8.75. The SMILES string of the molecule is CC(C)/C=C/CC/C=C/C(C)CO. The lowest BCUT2D eigenvalue weighted by atomic mass is 10.1. The minimum atomic E-state index is 0.248. The Kier molecular flexibility index (Phi) is 7.71. The molecule has 0 spiro atoms. The lowest BCUT2D eigenvalue weighted by molar-refractivity contribution is 0.262. The fourth-order valence-electron chi connectivity index (χ4n) is 0.950. The van der Waals surface area contributed by atoms with Gasteiger partial charge in [0.1, 0.15) is 0 Å². The van der Waals surface area contributed by atoms with Gasteiger partial charge in [0.2, 0.25) is 0 Å². The fourth-order valence-corrected chi connectivity index (χ4v) is 0.950. The maximum Gasteiger partial charge on any atom is 0.0491 e. The summed E-state index contributed by atoms with van der Waals surface area (Å²) in [5, 5.41) is 8.75. The van der Waals surface area contributed by atoms with Gasteiger partial charge in [-0.1, -0.05) is 45.1 Å². The van der Waals surface area contributed by atoms with Gasteiger partial charge in [-0.25, -0.2) is 0 Å². The third-order valence-corrected chi connectivity index (χ3v) is 1.77. The maximum atomic E-state index is 8.75. The van der Waals surface area contributed by atoms with Crippen LogP contribution in [0.3, 0.4) is 0 Å². The Morgan fingerprint density at radius 2 is 1.54 bits per heavy atom. The highest BCUT2D eigenvalue weighted by Gasteiger charge is 1.90. The molecule has 0 fully saturated rings. The predicted octanol–water partition coefficient (Wildman–Crippen LogP) is 3.16. The molecule has 0 aliphatic carbocycles. The van der Waals surface area contributed by atoms with Gasteiger partial charge < -0.3 is 5.11 Å². The molecular weight excluding hydrogens is 160 g/mol. The van der Waals surface area contributed by atoms with Crippen LogP contribution in [0, 0.1) is 11.8 Å². The van der Waals surface area contributed by atoms with Crippen molar-refractivity contribution in [3.63, 3.8) is 0 Å². The van der Waals surface area contributed by atoms with Crippen molar-refractivity contribution in [1.82, 2.24) is 0 Å². The molecule has 1 unspecified atom stereocenters. The summed E-state index contributed by atoms with van der Waals surface area (Å²) in [4.78, 5) is 0. The normalized spacial score (nSPS) is 14.8. The minimum absolute atomic E-state index is 0.248.